The molecule has 0 unspecified atom stereocenters. The highest BCUT2D eigenvalue weighted by Gasteiger charge is 1.95. The molecule has 0 heterocycles. The number of allylic oxidation sites excluding steroid dienone is 8. The van der Waals surface area contributed by atoms with Gasteiger partial charge in [0, 0.05) is 0 Å². The summed E-state index contributed by atoms with van der Waals surface area (Å²) in [6.07, 6.45) is 54.9. The van der Waals surface area contributed by atoms with Crippen molar-refractivity contribution in [2.75, 3.05) is 0 Å². The largest absolute Gasteiger partial charge is 0.0882 e. The number of hydrogen-bond donors (Lipinski definition) is 0. The minimum atomic E-state index is 1.06. The van der Waals surface area contributed by atoms with Gasteiger partial charge in [0.1, 0.15) is 0 Å². The molecule has 0 atom stereocenters. The molecule has 0 rings (SSSR count). The van der Waals surface area contributed by atoms with Crippen LogP contribution in [0, 0.1) is 6.42 Å². The smallest absolute Gasteiger partial charge is 0.0169 e. The van der Waals surface area contributed by atoms with E-state index in [0.29, 0.717) is 0 Å². The molecule has 0 spiro atoms. The lowest BCUT2D eigenvalue weighted by Gasteiger charge is -2.03. The lowest BCUT2D eigenvalue weighted by atomic mass is 10.0. The summed E-state index contributed by atoms with van der Waals surface area (Å²) in [5.41, 5.74) is 0. The highest BCUT2D eigenvalue weighted by Crippen LogP contribution is 2.14. The Hall–Kier alpha value is -1.04. The van der Waals surface area contributed by atoms with Crippen LogP contribution in [-0.2, 0) is 0 Å². The zero-order valence-corrected chi connectivity index (χ0v) is 24.9. The van der Waals surface area contributed by atoms with Crippen molar-refractivity contribution in [2.24, 2.45) is 0 Å². The zero-order valence-electron chi connectivity index (χ0n) is 24.9. The Labute approximate surface area is 229 Å². The van der Waals surface area contributed by atoms with Gasteiger partial charge in [-0.2, -0.15) is 0 Å². The van der Waals surface area contributed by atoms with Gasteiger partial charge in [-0.3, -0.25) is 0 Å². The minimum Gasteiger partial charge on any atom is -0.0882 e. The van der Waals surface area contributed by atoms with Crippen LogP contribution in [0.15, 0.2) is 48.6 Å². The second-order valence-electron chi connectivity index (χ2n) is 10.7. The maximum atomic E-state index is 2.51. The van der Waals surface area contributed by atoms with E-state index in [1.54, 1.807) is 0 Å². The highest BCUT2D eigenvalue weighted by atomic mass is 14.0. The van der Waals surface area contributed by atoms with E-state index in [1.807, 2.05) is 0 Å². The van der Waals surface area contributed by atoms with Crippen LogP contribution >= 0.6 is 0 Å². The van der Waals surface area contributed by atoms with Crippen LogP contribution < -0.4 is 0 Å². The molecule has 0 aliphatic carbocycles. The van der Waals surface area contributed by atoms with Gasteiger partial charge in [0.05, 0.1) is 0 Å². The van der Waals surface area contributed by atoms with Crippen LogP contribution in [0.4, 0.5) is 0 Å². The molecular weight excluding hydrogens is 432 g/mol. The van der Waals surface area contributed by atoms with Crippen LogP contribution in [-0.4, -0.2) is 0 Å². The molecule has 0 aromatic carbocycles. The van der Waals surface area contributed by atoms with E-state index in [9.17, 15) is 0 Å². The monoisotopic (exact) mass is 498 g/mol. The number of hydrogen-bond acceptors (Lipinski definition) is 0. The van der Waals surface area contributed by atoms with Crippen molar-refractivity contribution in [3.05, 3.63) is 55.0 Å². The average Bonchev–Trinajstić information content (AvgIpc) is 2.89. The first-order valence-electron chi connectivity index (χ1n) is 16.3. The Morgan fingerprint density at radius 1 is 0.278 bits per heavy atom. The molecule has 0 bridgehead atoms. The first kappa shape index (κ1) is 35.0. The van der Waals surface area contributed by atoms with E-state index in [2.05, 4.69) is 68.9 Å². The second-order valence-corrected chi connectivity index (χ2v) is 10.7. The van der Waals surface area contributed by atoms with Crippen molar-refractivity contribution in [2.45, 2.75) is 174 Å². The fourth-order valence-corrected chi connectivity index (χ4v) is 4.58. The van der Waals surface area contributed by atoms with Gasteiger partial charge in [-0.1, -0.05) is 178 Å². The summed E-state index contributed by atoms with van der Waals surface area (Å²) in [5, 5.41) is 0. The third-order valence-electron chi connectivity index (χ3n) is 7.01. The summed E-state index contributed by atoms with van der Waals surface area (Å²) in [6, 6.07) is 0. The Morgan fingerprint density at radius 2 is 0.611 bits per heavy atom. The molecule has 0 nitrogen and oxygen atoms in total. The van der Waals surface area contributed by atoms with E-state index in [1.165, 1.54) is 141 Å². The lowest BCUT2D eigenvalue weighted by Crippen LogP contribution is -1.84. The van der Waals surface area contributed by atoms with E-state index in [4.69, 9.17) is 0 Å². The van der Waals surface area contributed by atoms with Gasteiger partial charge in [0.25, 0.3) is 0 Å². The van der Waals surface area contributed by atoms with Crippen LogP contribution in [0.2, 0.25) is 0 Å². The fourth-order valence-electron chi connectivity index (χ4n) is 4.58. The van der Waals surface area contributed by atoms with E-state index >= 15 is 0 Å². The Bertz CT molecular complexity index is 492. The minimum absolute atomic E-state index is 1.06. The summed E-state index contributed by atoms with van der Waals surface area (Å²) in [6.45, 7) is 4.56. The van der Waals surface area contributed by atoms with Crippen molar-refractivity contribution in [3.8, 4) is 0 Å². The van der Waals surface area contributed by atoms with Crippen molar-refractivity contribution in [3.63, 3.8) is 0 Å². The molecule has 0 aromatic heterocycles. The van der Waals surface area contributed by atoms with Gasteiger partial charge in [0.2, 0.25) is 0 Å². The van der Waals surface area contributed by atoms with E-state index in [0.717, 1.165) is 19.3 Å². The highest BCUT2D eigenvalue weighted by molar-refractivity contribution is 4.99. The van der Waals surface area contributed by atoms with Gasteiger partial charge >= 0.3 is 0 Å². The maximum Gasteiger partial charge on any atom is -0.0169 e. The second kappa shape index (κ2) is 34.0. The fraction of sp³-hybridized carbons (Fsp3) is 0.750. The maximum absolute atomic E-state index is 2.51. The van der Waals surface area contributed by atoms with Gasteiger partial charge in [-0.05, 0) is 51.4 Å². The summed E-state index contributed by atoms with van der Waals surface area (Å²) >= 11 is 0. The van der Waals surface area contributed by atoms with Gasteiger partial charge in [-0.15, -0.1) is 0 Å². The number of rotatable bonds is 29. The summed E-state index contributed by atoms with van der Waals surface area (Å²) in [7, 11) is 0. The third kappa shape index (κ3) is 33.0. The predicted molar refractivity (Wildman–Crippen MR) is 168 cm³/mol. The Balaban J connectivity index is 3.22. The molecule has 1 radical (unpaired) electrons. The Kier molecular flexibility index (Phi) is 33.0. The standard InChI is InChI=1S/C36H65/c1-3-5-7-9-11-13-15-17-19-21-23-25-27-29-31-33-35-36-34-32-30-28-26-24-22-20-18-16-14-12-10-8-6-4-2/h11,13,17,19,23,25,29,31,36H,3-10,12,14-16,18,20-22,24,26-28,30,32-35H2,1-2H3/b13-11-,19-17-,25-23-,31-29-. The van der Waals surface area contributed by atoms with Crippen molar-refractivity contribution in [1.29, 1.82) is 0 Å². The topological polar surface area (TPSA) is 0 Å². The quantitative estimate of drug-likeness (QED) is 0.0711. The molecule has 36 heavy (non-hydrogen) atoms. The number of unbranched alkanes of at least 4 members (excludes halogenated alkanes) is 21. The molecule has 0 fully saturated rings. The molecule has 0 saturated carbocycles. The van der Waals surface area contributed by atoms with Crippen LogP contribution in [0.1, 0.15) is 174 Å². The average molecular weight is 498 g/mol. The molecule has 0 saturated heterocycles. The molecule has 0 heteroatoms. The summed E-state index contributed by atoms with van der Waals surface area (Å²) in [5.74, 6) is 0. The van der Waals surface area contributed by atoms with Crippen LogP contribution in [0.3, 0.4) is 0 Å². The van der Waals surface area contributed by atoms with Crippen LogP contribution in [0.25, 0.3) is 0 Å². The van der Waals surface area contributed by atoms with E-state index < -0.39 is 0 Å². The molecule has 0 aromatic rings. The summed E-state index contributed by atoms with van der Waals surface area (Å²) in [4.78, 5) is 0. The molecule has 0 N–H and O–H groups in total. The third-order valence-corrected chi connectivity index (χ3v) is 7.01. The van der Waals surface area contributed by atoms with Crippen LogP contribution in [0.5, 0.6) is 0 Å². The normalized spacial score (nSPS) is 12.4. The molecule has 209 valence electrons. The van der Waals surface area contributed by atoms with Gasteiger partial charge in [-0.25, -0.2) is 0 Å². The zero-order chi connectivity index (χ0) is 26.0. The SMILES string of the molecule is CCCCC/C=C\C/C=C\C/C=C\C/C=C\CC[CH]CCCCCCCCCCCCCCCCC. The van der Waals surface area contributed by atoms with E-state index in [-0.39, 0.29) is 0 Å². The Morgan fingerprint density at radius 3 is 1.08 bits per heavy atom. The van der Waals surface area contributed by atoms with Crippen molar-refractivity contribution >= 4 is 0 Å². The lowest BCUT2D eigenvalue weighted by molar-refractivity contribution is 0.531. The molecule has 0 amide bonds. The van der Waals surface area contributed by atoms with Crippen molar-refractivity contribution < 1.29 is 0 Å². The molecule has 0 aliphatic heterocycles. The first-order chi connectivity index (χ1) is 17.9. The molecular formula is C36H65. The molecule has 0 aliphatic rings. The van der Waals surface area contributed by atoms with Crippen molar-refractivity contribution in [1.82, 2.24) is 0 Å². The predicted octanol–water partition coefficient (Wildman–Crippen LogP) is 13.2. The van der Waals surface area contributed by atoms with Gasteiger partial charge in [0.15, 0.2) is 0 Å². The summed E-state index contributed by atoms with van der Waals surface area (Å²) < 4.78 is 0. The first-order valence-corrected chi connectivity index (χ1v) is 16.3. The van der Waals surface area contributed by atoms with Gasteiger partial charge < -0.3 is 0 Å².